The van der Waals surface area contributed by atoms with E-state index >= 15 is 0 Å². The van der Waals surface area contributed by atoms with Crippen molar-refractivity contribution < 1.29 is 19.1 Å². The van der Waals surface area contributed by atoms with Gasteiger partial charge in [0.25, 0.3) is 5.91 Å². The predicted octanol–water partition coefficient (Wildman–Crippen LogP) is 1.07. The van der Waals surface area contributed by atoms with Crippen molar-refractivity contribution in [1.82, 2.24) is 10.6 Å². The Morgan fingerprint density at radius 2 is 1.82 bits per heavy atom. The highest BCUT2D eigenvalue weighted by Gasteiger charge is 2.31. The van der Waals surface area contributed by atoms with Gasteiger partial charge in [-0.3, -0.25) is 9.59 Å². The minimum Gasteiger partial charge on any atom is -0.446 e. The number of benzene rings is 1. The van der Waals surface area contributed by atoms with Crippen LogP contribution in [0.1, 0.15) is 38.4 Å². The molecule has 22 heavy (non-hydrogen) atoms. The summed E-state index contributed by atoms with van der Waals surface area (Å²) in [5.74, 6) is -1.31. The number of ether oxygens (including phenoxy) is 1. The molecule has 1 saturated carbocycles. The molecule has 2 atom stereocenters. The van der Waals surface area contributed by atoms with Crippen LogP contribution in [0.25, 0.3) is 0 Å². The molecule has 1 aromatic rings. The Hall–Kier alpha value is -2.37. The Bertz CT molecular complexity index is 555. The molecule has 6 heteroatoms. The Kier molecular flexibility index (Phi) is 5.14. The SMILES string of the molecule is CC(=O)N[C@H](C)C(=O)O[C@H](C(=O)NC1CC1)c1ccccc1. The van der Waals surface area contributed by atoms with Crippen LogP contribution in [0.4, 0.5) is 0 Å². The minimum atomic E-state index is -1.01. The third kappa shape index (κ3) is 4.58. The largest absolute Gasteiger partial charge is 0.446 e. The topological polar surface area (TPSA) is 84.5 Å². The van der Waals surface area contributed by atoms with E-state index in [1.807, 2.05) is 6.07 Å². The summed E-state index contributed by atoms with van der Waals surface area (Å²) in [4.78, 5) is 35.4. The molecule has 2 rings (SSSR count). The van der Waals surface area contributed by atoms with E-state index in [0.717, 1.165) is 12.8 Å². The average Bonchev–Trinajstić information content (AvgIpc) is 3.28. The number of nitrogens with one attached hydrogen (secondary N) is 2. The number of hydrogen-bond donors (Lipinski definition) is 2. The lowest BCUT2D eigenvalue weighted by atomic mass is 10.1. The number of carbonyl (C=O) groups is 3. The first kappa shape index (κ1) is 16.0. The second kappa shape index (κ2) is 7.06. The summed E-state index contributed by atoms with van der Waals surface area (Å²) in [7, 11) is 0. The number of hydrogen-bond acceptors (Lipinski definition) is 4. The summed E-state index contributed by atoms with van der Waals surface area (Å²) in [5, 5.41) is 5.28. The molecule has 0 spiro atoms. The van der Waals surface area contributed by atoms with Crippen LogP contribution in [-0.4, -0.2) is 29.9 Å². The molecule has 1 aliphatic rings. The van der Waals surface area contributed by atoms with Crippen LogP contribution in [0.2, 0.25) is 0 Å². The van der Waals surface area contributed by atoms with Crippen molar-refractivity contribution in [2.45, 2.75) is 44.9 Å². The molecule has 0 bridgehead atoms. The standard InChI is InChI=1S/C16H20N2O4/c1-10(17-11(2)19)16(21)22-14(12-6-4-3-5-7-12)15(20)18-13-8-9-13/h3-7,10,13-14H,8-9H2,1-2H3,(H,17,19)(H,18,20)/t10-,14+/m1/s1. The van der Waals surface area contributed by atoms with Gasteiger partial charge in [0, 0.05) is 18.5 Å². The third-order valence-electron chi connectivity index (χ3n) is 3.27. The van der Waals surface area contributed by atoms with Crippen molar-refractivity contribution in [1.29, 1.82) is 0 Å². The van der Waals surface area contributed by atoms with Gasteiger partial charge in [0.05, 0.1) is 0 Å². The summed E-state index contributed by atoms with van der Waals surface area (Å²) in [6.07, 6.45) is 0.887. The molecule has 0 unspecified atom stereocenters. The van der Waals surface area contributed by atoms with Gasteiger partial charge in [-0.2, -0.15) is 0 Å². The highest BCUT2D eigenvalue weighted by molar-refractivity contribution is 5.88. The molecular formula is C16H20N2O4. The van der Waals surface area contributed by atoms with E-state index in [2.05, 4.69) is 10.6 Å². The van der Waals surface area contributed by atoms with Gasteiger partial charge in [-0.05, 0) is 19.8 Å². The Labute approximate surface area is 129 Å². The van der Waals surface area contributed by atoms with Crippen molar-refractivity contribution in [2.75, 3.05) is 0 Å². The lowest BCUT2D eigenvalue weighted by Gasteiger charge is -2.20. The zero-order valence-electron chi connectivity index (χ0n) is 12.7. The maximum Gasteiger partial charge on any atom is 0.329 e. The highest BCUT2D eigenvalue weighted by Crippen LogP contribution is 2.23. The molecule has 0 saturated heterocycles. The molecule has 0 radical (unpaired) electrons. The quantitative estimate of drug-likeness (QED) is 0.770. The molecular weight excluding hydrogens is 284 g/mol. The third-order valence-corrected chi connectivity index (χ3v) is 3.27. The van der Waals surface area contributed by atoms with Crippen LogP contribution >= 0.6 is 0 Å². The van der Waals surface area contributed by atoms with Crippen molar-refractivity contribution in [2.24, 2.45) is 0 Å². The number of carbonyl (C=O) groups excluding carboxylic acids is 3. The first-order valence-electron chi connectivity index (χ1n) is 7.30. The summed E-state index contributed by atoms with van der Waals surface area (Å²) in [5.41, 5.74) is 0.601. The molecule has 0 aliphatic heterocycles. The van der Waals surface area contributed by atoms with Crippen LogP contribution in [0.3, 0.4) is 0 Å². The lowest BCUT2D eigenvalue weighted by molar-refractivity contribution is -0.158. The fourth-order valence-corrected chi connectivity index (χ4v) is 1.99. The van der Waals surface area contributed by atoms with Gasteiger partial charge < -0.3 is 15.4 Å². The predicted molar refractivity (Wildman–Crippen MR) is 79.7 cm³/mol. The highest BCUT2D eigenvalue weighted by atomic mass is 16.5. The fourth-order valence-electron chi connectivity index (χ4n) is 1.99. The van der Waals surface area contributed by atoms with E-state index < -0.39 is 18.1 Å². The molecule has 1 fully saturated rings. The van der Waals surface area contributed by atoms with Gasteiger partial charge in [0.15, 0.2) is 0 Å². The van der Waals surface area contributed by atoms with Crippen molar-refractivity contribution >= 4 is 17.8 Å². The summed E-state index contributed by atoms with van der Waals surface area (Å²) >= 11 is 0. The molecule has 6 nitrogen and oxygen atoms in total. The Morgan fingerprint density at radius 3 is 2.36 bits per heavy atom. The van der Waals surface area contributed by atoms with Gasteiger partial charge in [0.1, 0.15) is 6.04 Å². The Balaban J connectivity index is 2.08. The molecule has 1 aliphatic carbocycles. The van der Waals surface area contributed by atoms with E-state index in [9.17, 15) is 14.4 Å². The average molecular weight is 304 g/mol. The minimum absolute atomic E-state index is 0.171. The van der Waals surface area contributed by atoms with Crippen LogP contribution in [0.15, 0.2) is 30.3 Å². The van der Waals surface area contributed by atoms with Crippen molar-refractivity contribution in [3.05, 3.63) is 35.9 Å². The summed E-state index contributed by atoms with van der Waals surface area (Å²) < 4.78 is 5.32. The second-order valence-electron chi connectivity index (χ2n) is 5.43. The van der Waals surface area contributed by atoms with Gasteiger partial charge >= 0.3 is 5.97 Å². The van der Waals surface area contributed by atoms with Crippen LogP contribution in [-0.2, 0) is 19.1 Å². The molecule has 0 heterocycles. The Morgan fingerprint density at radius 1 is 1.18 bits per heavy atom. The fraction of sp³-hybridized carbons (Fsp3) is 0.438. The molecule has 118 valence electrons. The first-order chi connectivity index (χ1) is 10.5. The van der Waals surface area contributed by atoms with Crippen molar-refractivity contribution in [3.63, 3.8) is 0 Å². The zero-order valence-corrected chi connectivity index (χ0v) is 12.7. The van der Waals surface area contributed by atoms with E-state index in [1.54, 1.807) is 24.3 Å². The number of amides is 2. The van der Waals surface area contributed by atoms with Crippen molar-refractivity contribution in [3.8, 4) is 0 Å². The molecule has 1 aromatic carbocycles. The summed E-state index contributed by atoms with van der Waals surface area (Å²) in [6.45, 7) is 2.84. The normalized spacial score (nSPS) is 16.3. The van der Waals surface area contributed by atoms with E-state index in [1.165, 1.54) is 13.8 Å². The van der Waals surface area contributed by atoms with Crippen LogP contribution in [0, 0.1) is 0 Å². The lowest BCUT2D eigenvalue weighted by Crippen LogP contribution is -2.41. The molecule has 2 N–H and O–H groups in total. The van der Waals surface area contributed by atoms with Gasteiger partial charge in [0.2, 0.25) is 12.0 Å². The van der Waals surface area contributed by atoms with Gasteiger partial charge in [-0.1, -0.05) is 30.3 Å². The maximum atomic E-state index is 12.3. The monoisotopic (exact) mass is 304 g/mol. The summed E-state index contributed by atoms with van der Waals surface area (Å²) in [6, 6.07) is 8.19. The first-order valence-corrected chi connectivity index (χ1v) is 7.30. The molecule has 2 amide bonds. The van der Waals surface area contributed by atoms with E-state index in [-0.39, 0.29) is 17.9 Å². The smallest absolute Gasteiger partial charge is 0.329 e. The molecule has 0 aromatic heterocycles. The number of rotatable bonds is 6. The second-order valence-corrected chi connectivity index (χ2v) is 5.43. The van der Waals surface area contributed by atoms with Gasteiger partial charge in [-0.15, -0.1) is 0 Å². The van der Waals surface area contributed by atoms with Crippen LogP contribution in [0.5, 0.6) is 0 Å². The maximum absolute atomic E-state index is 12.3. The van der Waals surface area contributed by atoms with E-state index in [4.69, 9.17) is 4.74 Å². The van der Waals surface area contributed by atoms with Gasteiger partial charge in [-0.25, -0.2) is 4.79 Å². The van der Waals surface area contributed by atoms with Crippen LogP contribution < -0.4 is 10.6 Å². The number of esters is 1. The zero-order chi connectivity index (χ0) is 16.1. The van der Waals surface area contributed by atoms with E-state index in [0.29, 0.717) is 5.56 Å².